The van der Waals surface area contributed by atoms with Crippen molar-refractivity contribution in [3.8, 4) is 17.0 Å². The molecule has 3 rings (SSSR count). The third-order valence-electron chi connectivity index (χ3n) is 4.13. The lowest BCUT2D eigenvalue weighted by atomic mass is 9.98. The summed E-state index contributed by atoms with van der Waals surface area (Å²) in [5, 5.41) is 5.23. The maximum atomic E-state index is 12.2. The number of nitrogens with zero attached hydrogens (tertiary/aromatic N) is 2. The number of hydrogen-bond acceptors (Lipinski definition) is 5. The zero-order valence-electron chi connectivity index (χ0n) is 14.8. The summed E-state index contributed by atoms with van der Waals surface area (Å²) >= 11 is 1.38. The van der Waals surface area contributed by atoms with Crippen LogP contribution in [0.3, 0.4) is 0 Å². The van der Waals surface area contributed by atoms with E-state index < -0.39 is 0 Å². The van der Waals surface area contributed by atoms with E-state index in [1.54, 1.807) is 12.4 Å². The Labute approximate surface area is 157 Å². The monoisotopic (exact) mass is 367 g/mol. The number of carbonyl (C=O) groups is 1. The average Bonchev–Trinajstić information content (AvgIpc) is 3.15. The minimum absolute atomic E-state index is 0.0464. The van der Waals surface area contributed by atoms with Crippen LogP contribution >= 0.6 is 11.3 Å². The van der Waals surface area contributed by atoms with Crippen molar-refractivity contribution in [2.45, 2.75) is 26.2 Å². The van der Waals surface area contributed by atoms with E-state index in [1.807, 2.05) is 41.8 Å². The number of nitrogens with one attached hydrogen (secondary N) is 1. The summed E-state index contributed by atoms with van der Waals surface area (Å²) in [5.74, 6) is 0.915. The number of aromatic nitrogens is 2. The summed E-state index contributed by atoms with van der Waals surface area (Å²) in [4.78, 5) is 20.7. The predicted molar refractivity (Wildman–Crippen MR) is 105 cm³/mol. The molecule has 134 valence electrons. The minimum Gasteiger partial charge on any atom is -0.483 e. The van der Waals surface area contributed by atoms with Crippen molar-refractivity contribution in [2.24, 2.45) is 0 Å². The van der Waals surface area contributed by atoms with Crippen LogP contribution in [0.2, 0.25) is 0 Å². The molecule has 2 aromatic heterocycles. The summed E-state index contributed by atoms with van der Waals surface area (Å²) in [6, 6.07) is 11.6. The minimum atomic E-state index is -0.226. The SMILES string of the molecule is CCC(C)c1ccccc1OCC(=O)Nc1nc(-c2cccnc2)cs1. The smallest absolute Gasteiger partial charge is 0.264 e. The lowest BCUT2D eigenvalue weighted by Gasteiger charge is -2.15. The van der Waals surface area contributed by atoms with Crippen LogP contribution < -0.4 is 10.1 Å². The summed E-state index contributed by atoms with van der Waals surface area (Å²) in [6.45, 7) is 4.24. The molecule has 0 radical (unpaired) electrons. The number of pyridine rings is 1. The first-order valence-electron chi connectivity index (χ1n) is 8.55. The molecule has 1 aromatic carbocycles. The molecule has 0 fully saturated rings. The van der Waals surface area contributed by atoms with Crippen LogP contribution in [-0.4, -0.2) is 22.5 Å². The number of anilines is 1. The van der Waals surface area contributed by atoms with E-state index in [-0.39, 0.29) is 12.5 Å². The molecule has 1 amide bonds. The first-order valence-corrected chi connectivity index (χ1v) is 9.42. The van der Waals surface area contributed by atoms with Crippen LogP contribution in [0.1, 0.15) is 31.7 Å². The zero-order valence-corrected chi connectivity index (χ0v) is 15.6. The van der Waals surface area contributed by atoms with Gasteiger partial charge < -0.3 is 4.74 Å². The molecule has 0 saturated heterocycles. The van der Waals surface area contributed by atoms with Gasteiger partial charge in [-0.05, 0) is 36.1 Å². The van der Waals surface area contributed by atoms with E-state index in [2.05, 4.69) is 29.1 Å². The van der Waals surface area contributed by atoms with Crippen molar-refractivity contribution in [2.75, 3.05) is 11.9 Å². The van der Waals surface area contributed by atoms with Gasteiger partial charge in [0, 0.05) is 23.3 Å². The molecule has 1 N–H and O–H groups in total. The zero-order chi connectivity index (χ0) is 18.4. The highest BCUT2D eigenvalue weighted by atomic mass is 32.1. The van der Waals surface area contributed by atoms with E-state index in [9.17, 15) is 4.79 Å². The second kappa shape index (κ2) is 8.58. The van der Waals surface area contributed by atoms with Gasteiger partial charge in [-0.3, -0.25) is 15.1 Å². The Morgan fingerprint density at radius 1 is 1.27 bits per heavy atom. The maximum absolute atomic E-state index is 12.2. The van der Waals surface area contributed by atoms with Crippen LogP contribution in [-0.2, 0) is 4.79 Å². The van der Waals surface area contributed by atoms with E-state index >= 15 is 0 Å². The molecule has 5 nitrogen and oxygen atoms in total. The fourth-order valence-electron chi connectivity index (χ4n) is 2.52. The van der Waals surface area contributed by atoms with E-state index in [4.69, 9.17) is 4.74 Å². The van der Waals surface area contributed by atoms with Crippen LogP contribution in [0.25, 0.3) is 11.3 Å². The number of amides is 1. The van der Waals surface area contributed by atoms with Gasteiger partial charge in [-0.2, -0.15) is 0 Å². The van der Waals surface area contributed by atoms with Crippen molar-refractivity contribution < 1.29 is 9.53 Å². The first kappa shape index (κ1) is 18.1. The number of hydrogen-bond donors (Lipinski definition) is 1. The molecular formula is C20H21N3O2S. The van der Waals surface area contributed by atoms with Crippen LogP contribution in [0.4, 0.5) is 5.13 Å². The van der Waals surface area contributed by atoms with Crippen LogP contribution in [0, 0.1) is 0 Å². The Balaban J connectivity index is 1.60. The molecule has 0 spiro atoms. The maximum Gasteiger partial charge on any atom is 0.264 e. The Morgan fingerprint density at radius 3 is 2.88 bits per heavy atom. The lowest BCUT2D eigenvalue weighted by molar-refractivity contribution is -0.118. The molecule has 2 heterocycles. The normalized spacial score (nSPS) is 11.8. The summed E-state index contributed by atoms with van der Waals surface area (Å²) in [5.41, 5.74) is 2.83. The fourth-order valence-corrected chi connectivity index (χ4v) is 3.25. The van der Waals surface area contributed by atoms with Gasteiger partial charge in [-0.15, -0.1) is 11.3 Å². The third-order valence-corrected chi connectivity index (χ3v) is 4.89. The van der Waals surface area contributed by atoms with Gasteiger partial charge in [0.2, 0.25) is 0 Å². The van der Waals surface area contributed by atoms with Gasteiger partial charge in [-0.1, -0.05) is 32.0 Å². The van der Waals surface area contributed by atoms with Gasteiger partial charge in [0.25, 0.3) is 5.91 Å². The Morgan fingerprint density at radius 2 is 2.12 bits per heavy atom. The van der Waals surface area contributed by atoms with Crippen molar-refractivity contribution in [1.29, 1.82) is 0 Å². The van der Waals surface area contributed by atoms with Crippen LogP contribution in [0.5, 0.6) is 5.75 Å². The van der Waals surface area contributed by atoms with Gasteiger partial charge >= 0.3 is 0 Å². The number of ether oxygens (including phenoxy) is 1. The Hall–Kier alpha value is -2.73. The molecular weight excluding hydrogens is 346 g/mol. The quantitative estimate of drug-likeness (QED) is 0.655. The highest BCUT2D eigenvalue weighted by Crippen LogP contribution is 2.28. The highest BCUT2D eigenvalue weighted by molar-refractivity contribution is 7.14. The molecule has 26 heavy (non-hydrogen) atoms. The van der Waals surface area contributed by atoms with Gasteiger partial charge in [0.1, 0.15) is 5.75 Å². The Kier molecular flexibility index (Phi) is 5.96. The van der Waals surface area contributed by atoms with E-state index in [1.165, 1.54) is 11.3 Å². The molecule has 6 heteroatoms. The van der Waals surface area contributed by atoms with Gasteiger partial charge in [0.15, 0.2) is 11.7 Å². The molecule has 0 saturated carbocycles. The number of benzene rings is 1. The largest absolute Gasteiger partial charge is 0.483 e. The molecule has 1 unspecified atom stereocenters. The lowest BCUT2D eigenvalue weighted by Crippen LogP contribution is -2.20. The molecule has 3 aromatic rings. The Bertz CT molecular complexity index is 864. The van der Waals surface area contributed by atoms with Gasteiger partial charge in [0.05, 0.1) is 5.69 Å². The summed E-state index contributed by atoms with van der Waals surface area (Å²) in [6.07, 6.45) is 4.48. The highest BCUT2D eigenvalue weighted by Gasteiger charge is 2.12. The van der Waals surface area contributed by atoms with Crippen molar-refractivity contribution >= 4 is 22.4 Å². The van der Waals surface area contributed by atoms with E-state index in [0.29, 0.717) is 11.0 Å². The first-order chi connectivity index (χ1) is 12.7. The van der Waals surface area contributed by atoms with Crippen molar-refractivity contribution in [3.63, 3.8) is 0 Å². The summed E-state index contributed by atoms with van der Waals surface area (Å²) in [7, 11) is 0. The molecule has 0 aliphatic carbocycles. The molecule has 1 atom stereocenters. The van der Waals surface area contributed by atoms with Crippen molar-refractivity contribution in [1.82, 2.24) is 9.97 Å². The van der Waals surface area contributed by atoms with E-state index in [0.717, 1.165) is 29.0 Å². The van der Waals surface area contributed by atoms with Crippen molar-refractivity contribution in [3.05, 3.63) is 59.7 Å². The standard InChI is InChI=1S/C20H21N3O2S/c1-3-14(2)16-8-4-5-9-18(16)25-12-19(24)23-20-22-17(13-26-20)15-7-6-10-21-11-15/h4-11,13-14H,3,12H2,1-2H3,(H,22,23,24). The van der Waals surface area contributed by atoms with Gasteiger partial charge in [-0.25, -0.2) is 4.98 Å². The fraction of sp³-hybridized carbons (Fsp3) is 0.250. The second-order valence-corrected chi connectivity index (χ2v) is 6.82. The molecule has 0 aliphatic heterocycles. The number of rotatable bonds is 7. The topological polar surface area (TPSA) is 64.1 Å². The number of thiazole rings is 1. The number of para-hydroxylation sites is 1. The number of carbonyl (C=O) groups excluding carboxylic acids is 1. The van der Waals surface area contributed by atoms with Crippen LogP contribution in [0.15, 0.2) is 54.2 Å². The average molecular weight is 367 g/mol. The third kappa shape index (κ3) is 4.46. The molecule has 0 bridgehead atoms. The summed E-state index contributed by atoms with van der Waals surface area (Å²) < 4.78 is 5.74. The predicted octanol–water partition coefficient (Wildman–Crippen LogP) is 4.74. The molecule has 0 aliphatic rings. The second-order valence-electron chi connectivity index (χ2n) is 5.96.